The van der Waals surface area contributed by atoms with E-state index in [1.165, 1.54) is 49.6 Å². The molecule has 0 aliphatic rings. The summed E-state index contributed by atoms with van der Waals surface area (Å²) in [5, 5.41) is 4.95. The van der Waals surface area contributed by atoms with Crippen LogP contribution < -0.4 is 15.4 Å². The molecule has 0 bridgehead atoms. The van der Waals surface area contributed by atoms with Crippen molar-refractivity contribution in [2.24, 2.45) is 0 Å². The van der Waals surface area contributed by atoms with E-state index in [1.54, 1.807) is 12.1 Å². The number of sulfonamides is 1. The summed E-state index contributed by atoms with van der Waals surface area (Å²) in [7, 11) is -2.66. The van der Waals surface area contributed by atoms with Crippen molar-refractivity contribution < 1.29 is 22.4 Å². The van der Waals surface area contributed by atoms with Crippen LogP contribution >= 0.6 is 0 Å². The van der Waals surface area contributed by atoms with E-state index in [1.807, 2.05) is 0 Å². The number of nitrogens with one attached hydrogen (secondary N) is 3. The van der Waals surface area contributed by atoms with Gasteiger partial charge in [0, 0.05) is 24.9 Å². The average Bonchev–Trinajstić information content (AvgIpc) is 2.75. The van der Waals surface area contributed by atoms with E-state index in [4.69, 9.17) is 0 Å². The van der Waals surface area contributed by atoms with Crippen molar-refractivity contribution in [1.29, 1.82) is 0 Å². The molecule has 10 heteroatoms. The number of carbonyl (C=O) groups is 2. The van der Waals surface area contributed by atoms with Crippen LogP contribution in [0.15, 0.2) is 71.8 Å². The second-order valence-electron chi connectivity index (χ2n) is 6.07. The first-order valence-corrected chi connectivity index (χ1v) is 10.2. The molecule has 3 N–H and O–H groups in total. The smallest absolute Gasteiger partial charge is 0.274 e. The summed E-state index contributed by atoms with van der Waals surface area (Å²) in [6.07, 6.45) is 1.44. The third-order valence-corrected chi connectivity index (χ3v) is 5.41. The molecule has 3 aromatic rings. The van der Waals surface area contributed by atoms with Crippen molar-refractivity contribution in [3.63, 3.8) is 0 Å². The van der Waals surface area contributed by atoms with Gasteiger partial charge in [-0.25, -0.2) is 12.8 Å². The molecular weight excluding hydrogens is 411 g/mol. The number of nitrogens with zero attached hydrogens (tertiary/aromatic N) is 1. The monoisotopic (exact) mass is 428 g/mol. The molecule has 0 fully saturated rings. The van der Waals surface area contributed by atoms with E-state index in [2.05, 4.69) is 20.3 Å². The van der Waals surface area contributed by atoms with Crippen LogP contribution in [0.5, 0.6) is 0 Å². The van der Waals surface area contributed by atoms with Crippen molar-refractivity contribution >= 4 is 33.2 Å². The number of halogens is 1. The summed E-state index contributed by atoms with van der Waals surface area (Å²) in [4.78, 5) is 27.7. The van der Waals surface area contributed by atoms with Gasteiger partial charge in [0.25, 0.3) is 21.8 Å². The summed E-state index contributed by atoms with van der Waals surface area (Å²) in [5.41, 5.74) is 0.290. The highest BCUT2D eigenvalue weighted by Gasteiger charge is 2.19. The van der Waals surface area contributed by atoms with Gasteiger partial charge >= 0.3 is 0 Å². The fourth-order valence-electron chi connectivity index (χ4n) is 2.53. The third kappa shape index (κ3) is 4.78. The zero-order chi connectivity index (χ0) is 21.7. The highest BCUT2D eigenvalue weighted by molar-refractivity contribution is 7.92. The quantitative estimate of drug-likeness (QED) is 0.558. The van der Waals surface area contributed by atoms with Gasteiger partial charge in [0.05, 0.1) is 16.3 Å². The lowest BCUT2D eigenvalue weighted by molar-refractivity contribution is 0.0962. The van der Waals surface area contributed by atoms with E-state index in [0.29, 0.717) is 0 Å². The Bertz CT molecular complexity index is 1180. The number of benzene rings is 2. The number of aromatic nitrogens is 1. The molecule has 1 heterocycles. The molecule has 0 aliphatic heterocycles. The number of carbonyl (C=O) groups excluding carboxylic acids is 2. The molecule has 154 valence electrons. The topological polar surface area (TPSA) is 117 Å². The van der Waals surface area contributed by atoms with Gasteiger partial charge in [-0.2, -0.15) is 0 Å². The van der Waals surface area contributed by atoms with Crippen LogP contribution in [0.4, 0.5) is 15.8 Å². The summed E-state index contributed by atoms with van der Waals surface area (Å²) in [6, 6.07) is 13.2. The molecule has 0 saturated carbocycles. The summed E-state index contributed by atoms with van der Waals surface area (Å²) in [5.74, 6) is -1.65. The number of pyridine rings is 1. The van der Waals surface area contributed by atoms with E-state index in [9.17, 15) is 22.4 Å². The Morgan fingerprint density at radius 1 is 0.933 bits per heavy atom. The van der Waals surface area contributed by atoms with Crippen LogP contribution in [0.25, 0.3) is 0 Å². The molecule has 30 heavy (non-hydrogen) atoms. The molecule has 2 amide bonds. The molecule has 0 spiro atoms. The Kier molecular flexibility index (Phi) is 6.07. The number of hydrogen-bond donors (Lipinski definition) is 3. The maximum atomic E-state index is 13.8. The Hall–Kier alpha value is -3.79. The molecule has 3 rings (SSSR count). The van der Waals surface area contributed by atoms with E-state index < -0.39 is 21.7 Å². The van der Waals surface area contributed by atoms with Crippen molar-refractivity contribution in [3.05, 3.63) is 83.9 Å². The van der Waals surface area contributed by atoms with Crippen LogP contribution in [0.3, 0.4) is 0 Å². The maximum absolute atomic E-state index is 13.8. The lowest BCUT2D eigenvalue weighted by Crippen LogP contribution is -2.19. The van der Waals surface area contributed by atoms with Gasteiger partial charge in [-0.05, 0) is 48.5 Å². The minimum absolute atomic E-state index is 0.0533. The third-order valence-electron chi connectivity index (χ3n) is 4.03. The lowest BCUT2D eigenvalue weighted by Gasteiger charge is -2.14. The van der Waals surface area contributed by atoms with Crippen molar-refractivity contribution in [1.82, 2.24) is 10.3 Å². The molecule has 8 nitrogen and oxygen atoms in total. The van der Waals surface area contributed by atoms with Gasteiger partial charge in [0.15, 0.2) is 0 Å². The highest BCUT2D eigenvalue weighted by Crippen LogP contribution is 2.26. The molecule has 0 radical (unpaired) electrons. The molecule has 1 aromatic heterocycles. The van der Waals surface area contributed by atoms with Gasteiger partial charge in [-0.3, -0.25) is 19.3 Å². The van der Waals surface area contributed by atoms with Gasteiger partial charge in [0.2, 0.25) is 0 Å². The molecule has 2 aromatic carbocycles. The summed E-state index contributed by atoms with van der Waals surface area (Å²) >= 11 is 0. The molecule has 0 aliphatic carbocycles. The first kappa shape index (κ1) is 20.9. The predicted molar refractivity (Wildman–Crippen MR) is 109 cm³/mol. The first-order valence-electron chi connectivity index (χ1n) is 8.67. The predicted octanol–water partition coefficient (Wildman–Crippen LogP) is 2.63. The largest absolute Gasteiger partial charge is 0.355 e. The second kappa shape index (κ2) is 8.70. The van der Waals surface area contributed by atoms with E-state index >= 15 is 0 Å². The van der Waals surface area contributed by atoms with Crippen molar-refractivity contribution in [2.75, 3.05) is 17.1 Å². The maximum Gasteiger partial charge on any atom is 0.274 e. The summed E-state index contributed by atoms with van der Waals surface area (Å²) < 4.78 is 41.4. The minimum atomic E-state index is -4.12. The molecule has 0 saturated heterocycles. The number of hydrogen-bond acceptors (Lipinski definition) is 5. The summed E-state index contributed by atoms with van der Waals surface area (Å²) in [6.45, 7) is 0. The highest BCUT2D eigenvalue weighted by atomic mass is 32.2. The Morgan fingerprint density at radius 3 is 2.30 bits per heavy atom. The normalized spacial score (nSPS) is 10.9. The zero-order valence-corrected chi connectivity index (χ0v) is 16.5. The van der Waals surface area contributed by atoms with Gasteiger partial charge in [-0.15, -0.1) is 0 Å². The average molecular weight is 428 g/mol. The Morgan fingerprint density at radius 2 is 1.67 bits per heavy atom. The lowest BCUT2D eigenvalue weighted by atomic mass is 10.2. The molecular formula is C20H17FN4O4S. The fraction of sp³-hybridized carbons (Fsp3) is 0.0500. The zero-order valence-electron chi connectivity index (χ0n) is 15.7. The van der Waals surface area contributed by atoms with Crippen molar-refractivity contribution in [3.8, 4) is 0 Å². The number of rotatable bonds is 6. The van der Waals surface area contributed by atoms with Gasteiger partial charge < -0.3 is 10.6 Å². The number of amides is 2. The standard InChI is InChI=1S/C20H17FN4O4S/c1-22-19(26)13-5-8-15(9-6-13)30(28,29)25-18-12-14(21)7-10-16(18)24-20(27)17-4-2-3-11-23-17/h2-12,25H,1H3,(H,22,26)(H,24,27). The first-order chi connectivity index (χ1) is 14.3. The van der Waals surface area contributed by atoms with Gasteiger partial charge in [-0.1, -0.05) is 6.07 Å². The van der Waals surface area contributed by atoms with Crippen LogP contribution in [0.1, 0.15) is 20.8 Å². The SMILES string of the molecule is CNC(=O)c1ccc(S(=O)(=O)Nc2cc(F)ccc2NC(=O)c2ccccn2)cc1. The van der Waals surface area contributed by atoms with Crippen LogP contribution in [0, 0.1) is 5.82 Å². The Balaban J connectivity index is 1.87. The van der Waals surface area contributed by atoms with Gasteiger partial charge in [0.1, 0.15) is 11.5 Å². The second-order valence-corrected chi connectivity index (χ2v) is 7.75. The Labute approximate surface area is 172 Å². The molecule has 0 unspecified atom stereocenters. The van der Waals surface area contributed by atoms with E-state index in [-0.39, 0.29) is 33.4 Å². The molecule has 0 atom stereocenters. The van der Waals surface area contributed by atoms with E-state index in [0.717, 1.165) is 12.1 Å². The van der Waals surface area contributed by atoms with Crippen LogP contribution in [-0.2, 0) is 10.0 Å². The van der Waals surface area contributed by atoms with Crippen LogP contribution in [-0.4, -0.2) is 32.3 Å². The van der Waals surface area contributed by atoms with Crippen LogP contribution in [0.2, 0.25) is 0 Å². The number of anilines is 2. The van der Waals surface area contributed by atoms with Crippen molar-refractivity contribution in [2.45, 2.75) is 4.90 Å². The fourth-order valence-corrected chi connectivity index (χ4v) is 3.60. The minimum Gasteiger partial charge on any atom is -0.355 e.